The molecule has 1 aliphatic rings. The second-order valence-electron chi connectivity index (χ2n) is 5.82. The number of H-pyrrole nitrogens is 1. The van der Waals surface area contributed by atoms with Gasteiger partial charge in [-0.1, -0.05) is 6.07 Å². The number of pyridine rings is 1. The van der Waals surface area contributed by atoms with E-state index in [9.17, 15) is 9.59 Å². The second kappa shape index (κ2) is 5.07. The number of nitrogens with zero attached hydrogens (tertiary/aromatic N) is 1. The van der Waals surface area contributed by atoms with Crippen molar-refractivity contribution in [2.75, 3.05) is 6.54 Å². The minimum absolute atomic E-state index is 0.00769. The van der Waals surface area contributed by atoms with Crippen LogP contribution < -0.4 is 5.56 Å². The van der Waals surface area contributed by atoms with Crippen molar-refractivity contribution in [3.63, 3.8) is 0 Å². The average Bonchev–Trinajstić information content (AvgIpc) is 2.76. The smallest absolute Gasteiger partial charge is 0.410 e. The summed E-state index contributed by atoms with van der Waals surface area (Å²) in [4.78, 5) is 27.6. The maximum absolute atomic E-state index is 12.1. The molecule has 2 heterocycles. The van der Waals surface area contributed by atoms with Gasteiger partial charge in [0.2, 0.25) is 5.56 Å². The Hall–Kier alpha value is -1.78. The molecule has 1 unspecified atom stereocenters. The number of amides is 1. The highest BCUT2D eigenvalue weighted by molar-refractivity contribution is 5.69. The number of aromatic nitrogens is 1. The highest BCUT2D eigenvalue weighted by Gasteiger charge is 2.33. The molecule has 1 atom stereocenters. The van der Waals surface area contributed by atoms with Crippen LogP contribution in [0.1, 0.15) is 45.2 Å². The molecule has 5 heteroatoms. The van der Waals surface area contributed by atoms with E-state index in [2.05, 4.69) is 4.98 Å². The maximum Gasteiger partial charge on any atom is 0.410 e. The Bertz CT molecular complexity index is 496. The van der Waals surface area contributed by atoms with Gasteiger partial charge in [0.1, 0.15) is 5.60 Å². The summed E-state index contributed by atoms with van der Waals surface area (Å²) in [5.74, 6) is 0. The maximum atomic E-state index is 12.1. The standard InChI is InChI=1S/C14H20N2O3/c1-14(2,3)19-13(18)16-8-4-5-11(16)10-6-7-12(17)15-9-10/h6-7,9,11H,4-5,8H2,1-3H3,(H,15,17). The molecule has 5 nitrogen and oxygen atoms in total. The molecule has 0 radical (unpaired) electrons. The molecule has 0 saturated carbocycles. The fraction of sp³-hybridized carbons (Fsp3) is 0.571. The first-order valence-corrected chi connectivity index (χ1v) is 6.55. The Morgan fingerprint density at radius 2 is 2.16 bits per heavy atom. The number of likely N-dealkylation sites (tertiary alicyclic amines) is 1. The molecule has 1 N–H and O–H groups in total. The van der Waals surface area contributed by atoms with E-state index >= 15 is 0 Å². The fourth-order valence-electron chi connectivity index (χ4n) is 2.28. The van der Waals surface area contributed by atoms with Gasteiger partial charge in [-0.15, -0.1) is 0 Å². The van der Waals surface area contributed by atoms with Gasteiger partial charge in [0.15, 0.2) is 0 Å². The van der Waals surface area contributed by atoms with Crippen LogP contribution in [0.2, 0.25) is 0 Å². The molecule has 1 aliphatic heterocycles. The lowest BCUT2D eigenvalue weighted by molar-refractivity contribution is 0.0224. The van der Waals surface area contributed by atoms with Gasteiger partial charge in [0, 0.05) is 18.8 Å². The Kier molecular flexibility index (Phi) is 3.64. The van der Waals surface area contributed by atoms with Crippen LogP contribution in [0, 0.1) is 0 Å². The molecule has 104 valence electrons. The van der Waals surface area contributed by atoms with Gasteiger partial charge in [-0.05, 0) is 39.2 Å². The van der Waals surface area contributed by atoms with Crippen LogP contribution in [0.5, 0.6) is 0 Å². The molecule has 0 bridgehead atoms. The van der Waals surface area contributed by atoms with Crippen LogP contribution >= 0.6 is 0 Å². The normalized spacial score (nSPS) is 19.5. The molecule has 1 fully saturated rings. The molecule has 1 saturated heterocycles. The van der Waals surface area contributed by atoms with E-state index in [0.717, 1.165) is 18.4 Å². The quantitative estimate of drug-likeness (QED) is 0.847. The number of hydrogen-bond donors (Lipinski definition) is 1. The lowest BCUT2D eigenvalue weighted by Crippen LogP contribution is -2.36. The van der Waals surface area contributed by atoms with Crippen LogP contribution in [-0.2, 0) is 4.74 Å². The number of hydrogen-bond acceptors (Lipinski definition) is 3. The third-order valence-electron chi connectivity index (χ3n) is 3.07. The predicted octanol–water partition coefficient (Wildman–Crippen LogP) is 2.45. The molecule has 1 amide bonds. The van der Waals surface area contributed by atoms with Gasteiger partial charge < -0.3 is 14.6 Å². The zero-order valence-electron chi connectivity index (χ0n) is 11.6. The molecule has 19 heavy (non-hydrogen) atoms. The summed E-state index contributed by atoms with van der Waals surface area (Å²) in [5.41, 5.74) is 0.323. The van der Waals surface area contributed by atoms with Crippen LogP contribution in [0.3, 0.4) is 0 Å². The Morgan fingerprint density at radius 1 is 1.42 bits per heavy atom. The predicted molar refractivity (Wildman–Crippen MR) is 72.0 cm³/mol. The van der Waals surface area contributed by atoms with E-state index in [0.29, 0.717) is 6.54 Å². The third-order valence-corrected chi connectivity index (χ3v) is 3.07. The molecule has 2 rings (SSSR count). The average molecular weight is 264 g/mol. The van der Waals surface area contributed by atoms with Gasteiger partial charge in [0.05, 0.1) is 6.04 Å². The molecule has 0 aliphatic carbocycles. The monoisotopic (exact) mass is 264 g/mol. The molecule has 0 aromatic carbocycles. The third kappa shape index (κ3) is 3.36. The summed E-state index contributed by atoms with van der Waals surface area (Å²) in [6, 6.07) is 3.25. The molecule has 1 aromatic rings. The number of ether oxygens (including phenoxy) is 1. The summed E-state index contributed by atoms with van der Waals surface area (Å²) >= 11 is 0. The molecular formula is C14H20N2O3. The van der Waals surface area contributed by atoms with E-state index in [1.165, 1.54) is 6.07 Å². The molecular weight excluding hydrogens is 244 g/mol. The number of aromatic amines is 1. The summed E-state index contributed by atoms with van der Waals surface area (Å²) in [6.45, 7) is 6.26. The highest BCUT2D eigenvalue weighted by Crippen LogP contribution is 2.32. The van der Waals surface area contributed by atoms with Gasteiger partial charge in [0.25, 0.3) is 0 Å². The van der Waals surface area contributed by atoms with Crippen molar-refractivity contribution in [2.45, 2.75) is 45.3 Å². The van der Waals surface area contributed by atoms with Gasteiger partial charge >= 0.3 is 6.09 Å². The number of rotatable bonds is 1. The van der Waals surface area contributed by atoms with Gasteiger partial charge in [-0.3, -0.25) is 4.79 Å². The fourth-order valence-corrected chi connectivity index (χ4v) is 2.28. The van der Waals surface area contributed by atoms with E-state index < -0.39 is 5.60 Å². The van der Waals surface area contributed by atoms with E-state index in [4.69, 9.17) is 4.74 Å². The van der Waals surface area contributed by atoms with Crippen LogP contribution in [0.4, 0.5) is 4.79 Å². The Balaban J connectivity index is 2.15. The SMILES string of the molecule is CC(C)(C)OC(=O)N1CCCC1c1ccc(=O)[nH]c1. The minimum Gasteiger partial charge on any atom is -0.444 e. The van der Waals surface area contributed by atoms with Crippen molar-refractivity contribution in [3.8, 4) is 0 Å². The van der Waals surface area contributed by atoms with Crippen molar-refractivity contribution >= 4 is 6.09 Å². The zero-order chi connectivity index (χ0) is 14.0. The highest BCUT2D eigenvalue weighted by atomic mass is 16.6. The van der Waals surface area contributed by atoms with Crippen molar-refractivity contribution in [2.24, 2.45) is 0 Å². The number of carbonyl (C=O) groups excluding carboxylic acids is 1. The van der Waals surface area contributed by atoms with Gasteiger partial charge in [-0.25, -0.2) is 4.79 Å². The number of carbonyl (C=O) groups is 1. The first kappa shape index (κ1) is 13.6. The lowest BCUT2D eigenvalue weighted by atomic mass is 10.1. The topological polar surface area (TPSA) is 62.4 Å². The lowest BCUT2D eigenvalue weighted by Gasteiger charge is -2.28. The first-order chi connectivity index (χ1) is 8.87. The van der Waals surface area contributed by atoms with Crippen molar-refractivity contribution < 1.29 is 9.53 Å². The molecule has 0 spiro atoms. The first-order valence-electron chi connectivity index (χ1n) is 6.55. The Labute approximate surface area is 112 Å². The minimum atomic E-state index is -0.491. The largest absolute Gasteiger partial charge is 0.444 e. The van der Waals surface area contributed by atoms with Crippen molar-refractivity contribution in [1.82, 2.24) is 9.88 Å². The summed E-state index contributed by atoms with van der Waals surface area (Å²) in [5, 5.41) is 0. The molecule has 1 aromatic heterocycles. The summed E-state index contributed by atoms with van der Waals surface area (Å²) in [7, 11) is 0. The van der Waals surface area contributed by atoms with Gasteiger partial charge in [-0.2, -0.15) is 0 Å². The summed E-state index contributed by atoms with van der Waals surface area (Å²) < 4.78 is 5.41. The number of nitrogens with one attached hydrogen (secondary N) is 1. The van der Waals surface area contributed by atoms with Crippen molar-refractivity contribution in [1.29, 1.82) is 0 Å². The van der Waals surface area contributed by atoms with Crippen LogP contribution in [-0.4, -0.2) is 28.1 Å². The zero-order valence-corrected chi connectivity index (χ0v) is 11.6. The van der Waals surface area contributed by atoms with E-state index in [-0.39, 0.29) is 17.7 Å². The Morgan fingerprint density at radius 3 is 2.74 bits per heavy atom. The van der Waals surface area contributed by atoms with E-state index in [1.807, 2.05) is 20.8 Å². The van der Waals surface area contributed by atoms with Crippen LogP contribution in [0.25, 0.3) is 0 Å². The van der Waals surface area contributed by atoms with Crippen LogP contribution in [0.15, 0.2) is 23.1 Å². The van der Waals surface area contributed by atoms with E-state index in [1.54, 1.807) is 17.2 Å². The summed E-state index contributed by atoms with van der Waals surface area (Å²) in [6.07, 6.45) is 3.23. The van der Waals surface area contributed by atoms with Crippen molar-refractivity contribution in [3.05, 3.63) is 34.2 Å². The second-order valence-corrected chi connectivity index (χ2v) is 5.82.